The van der Waals surface area contributed by atoms with Gasteiger partial charge in [-0.3, -0.25) is 4.79 Å². The topological polar surface area (TPSA) is 55.8 Å². The van der Waals surface area contributed by atoms with E-state index >= 15 is 0 Å². The van der Waals surface area contributed by atoms with Gasteiger partial charge in [-0.05, 0) is 35.9 Å². The van der Waals surface area contributed by atoms with Gasteiger partial charge in [-0.25, -0.2) is 4.79 Å². The number of methoxy groups -OCH3 is 1. The first-order valence-corrected chi connectivity index (χ1v) is 8.08. The molecule has 0 heterocycles. The molecule has 0 aliphatic heterocycles. The molecule has 6 heteroatoms. The lowest BCUT2D eigenvalue weighted by Gasteiger charge is -2.17. The van der Waals surface area contributed by atoms with Crippen molar-refractivity contribution < 1.29 is 19.1 Å². The van der Waals surface area contributed by atoms with Gasteiger partial charge >= 0.3 is 5.97 Å². The maximum absolute atomic E-state index is 12.1. The van der Waals surface area contributed by atoms with Crippen LogP contribution in [0.3, 0.4) is 0 Å². The van der Waals surface area contributed by atoms with E-state index in [0.29, 0.717) is 12.1 Å². The molecule has 0 saturated heterocycles. The molecule has 0 saturated carbocycles. The van der Waals surface area contributed by atoms with E-state index in [1.807, 2.05) is 30.3 Å². The Balaban J connectivity index is 1.88. The van der Waals surface area contributed by atoms with Crippen molar-refractivity contribution in [2.75, 3.05) is 20.8 Å². The minimum atomic E-state index is -0.528. The average Bonchev–Trinajstić information content (AvgIpc) is 2.59. The van der Waals surface area contributed by atoms with Gasteiger partial charge in [0.25, 0.3) is 5.91 Å². The van der Waals surface area contributed by atoms with E-state index in [-0.39, 0.29) is 12.5 Å². The van der Waals surface area contributed by atoms with Crippen LogP contribution < -0.4 is 4.74 Å². The Morgan fingerprint density at radius 2 is 1.88 bits per heavy atom. The van der Waals surface area contributed by atoms with Crippen molar-refractivity contribution in [2.45, 2.75) is 6.54 Å². The van der Waals surface area contributed by atoms with Gasteiger partial charge in [0.2, 0.25) is 0 Å². The lowest BCUT2D eigenvalue weighted by Crippen LogP contribution is -2.30. The number of halogens is 1. The number of nitrogens with zero attached hydrogens (tertiary/aromatic N) is 1. The molecule has 126 valence electrons. The second-order valence-corrected chi connectivity index (χ2v) is 6.10. The molecule has 2 aromatic carbocycles. The first-order chi connectivity index (χ1) is 11.5. The summed E-state index contributed by atoms with van der Waals surface area (Å²) in [6.45, 7) is 0.107. The molecule has 0 atom stereocenters. The molecular weight excluding hydrogens is 374 g/mol. The molecule has 2 aromatic rings. The van der Waals surface area contributed by atoms with Crippen LogP contribution in [0.2, 0.25) is 0 Å². The molecule has 1 amide bonds. The average molecular weight is 392 g/mol. The summed E-state index contributed by atoms with van der Waals surface area (Å²) in [5.41, 5.74) is 1.33. The molecule has 2 rings (SSSR count). The zero-order chi connectivity index (χ0) is 17.5. The molecule has 0 spiro atoms. The van der Waals surface area contributed by atoms with Crippen LogP contribution in [0, 0.1) is 0 Å². The number of hydrogen-bond acceptors (Lipinski definition) is 4. The van der Waals surface area contributed by atoms with Gasteiger partial charge in [-0.2, -0.15) is 0 Å². The summed E-state index contributed by atoms with van der Waals surface area (Å²) in [5.74, 6) is -0.0740. The second-order valence-electron chi connectivity index (χ2n) is 5.19. The molecule has 0 bridgehead atoms. The fourth-order valence-electron chi connectivity index (χ4n) is 2.07. The molecule has 0 aromatic heterocycles. The summed E-state index contributed by atoms with van der Waals surface area (Å²) in [5, 5.41) is 0. The summed E-state index contributed by atoms with van der Waals surface area (Å²) < 4.78 is 11.0. The maximum Gasteiger partial charge on any atom is 0.338 e. The maximum atomic E-state index is 12.1. The quantitative estimate of drug-likeness (QED) is 0.709. The first kappa shape index (κ1) is 18.0. The molecule has 0 N–H and O–H groups in total. The van der Waals surface area contributed by atoms with Crippen LogP contribution in [0.4, 0.5) is 0 Å². The number of likely N-dealkylation sites (N-methyl/N-ethyl adjacent to an activating group) is 1. The number of benzene rings is 2. The molecule has 0 fully saturated rings. The highest BCUT2D eigenvalue weighted by atomic mass is 79.9. The Morgan fingerprint density at radius 3 is 2.58 bits per heavy atom. The third-order valence-corrected chi connectivity index (χ3v) is 3.86. The van der Waals surface area contributed by atoms with E-state index in [2.05, 4.69) is 15.9 Å². The van der Waals surface area contributed by atoms with E-state index in [1.54, 1.807) is 32.4 Å². The summed E-state index contributed by atoms with van der Waals surface area (Å²) in [6, 6.07) is 14.3. The van der Waals surface area contributed by atoms with E-state index in [9.17, 15) is 9.59 Å². The van der Waals surface area contributed by atoms with Crippen LogP contribution in [-0.4, -0.2) is 37.5 Å². The SMILES string of the molecule is COc1cccc(CN(C)C(=O)COC(=O)c2cccc(Br)c2)c1. The zero-order valence-corrected chi connectivity index (χ0v) is 15.1. The smallest absolute Gasteiger partial charge is 0.338 e. The van der Waals surface area contributed by atoms with Crippen molar-refractivity contribution in [1.29, 1.82) is 0 Å². The molecular formula is C18H18BrNO4. The first-order valence-electron chi connectivity index (χ1n) is 7.29. The molecule has 5 nitrogen and oxygen atoms in total. The molecule has 0 aliphatic carbocycles. The monoisotopic (exact) mass is 391 g/mol. The fourth-order valence-corrected chi connectivity index (χ4v) is 2.47. The van der Waals surface area contributed by atoms with E-state index in [0.717, 1.165) is 15.8 Å². The van der Waals surface area contributed by atoms with Gasteiger partial charge in [0.15, 0.2) is 6.61 Å². The van der Waals surface area contributed by atoms with Gasteiger partial charge in [-0.15, -0.1) is 0 Å². The third-order valence-electron chi connectivity index (χ3n) is 3.37. The van der Waals surface area contributed by atoms with Crippen LogP contribution in [-0.2, 0) is 16.1 Å². The predicted octanol–water partition coefficient (Wildman–Crippen LogP) is 3.27. The Bertz CT molecular complexity index is 732. The summed E-state index contributed by atoms with van der Waals surface area (Å²) in [6.07, 6.45) is 0. The molecule has 0 unspecified atom stereocenters. The van der Waals surface area contributed by atoms with Gasteiger partial charge in [0, 0.05) is 18.1 Å². The number of esters is 1. The highest BCUT2D eigenvalue weighted by molar-refractivity contribution is 9.10. The van der Waals surface area contributed by atoms with Gasteiger partial charge in [0.05, 0.1) is 12.7 Å². The van der Waals surface area contributed by atoms with Crippen LogP contribution in [0.25, 0.3) is 0 Å². The van der Waals surface area contributed by atoms with Gasteiger partial charge < -0.3 is 14.4 Å². The number of carbonyl (C=O) groups excluding carboxylic acids is 2. The minimum Gasteiger partial charge on any atom is -0.497 e. The van der Waals surface area contributed by atoms with Crippen molar-refractivity contribution in [3.8, 4) is 5.75 Å². The van der Waals surface area contributed by atoms with E-state index < -0.39 is 5.97 Å². The molecule has 0 radical (unpaired) electrons. The van der Waals surface area contributed by atoms with Crippen molar-refractivity contribution in [3.63, 3.8) is 0 Å². The van der Waals surface area contributed by atoms with Crippen molar-refractivity contribution in [2.24, 2.45) is 0 Å². The van der Waals surface area contributed by atoms with Crippen molar-refractivity contribution in [1.82, 2.24) is 4.90 Å². The minimum absolute atomic E-state index is 0.277. The van der Waals surface area contributed by atoms with Gasteiger partial charge in [-0.1, -0.05) is 34.1 Å². The Morgan fingerprint density at radius 1 is 1.12 bits per heavy atom. The summed E-state index contributed by atoms with van der Waals surface area (Å²) in [4.78, 5) is 25.6. The number of rotatable bonds is 6. The Kier molecular flexibility index (Phi) is 6.37. The number of amides is 1. The van der Waals surface area contributed by atoms with Crippen LogP contribution in [0.5, 0.6) is 5.75 Å². The molecule has 24 heavy (non-hydrogen) atoms. The molecule has 0 aliphatic rings. The zero-order valence-electron chi connectivity index (χ0n) is 13.5. The second kappa shape index (κ2) is 8.49. The van der Waals surface area contributed by atoms with Crippen LogP contribution >= 0.6 is 15.9 Å². The highest BCUT2D eigenvalue weighted by Crippen LogP contribution is 2.14. The van der Waals surface area contributed by atoms with Crippen molar-refractivity contribution in [3.05, 3.63) is 64.1 Å². The largest absolute Gasteiger partial charge is 0.497 e. The number of hydrogen-bond donors (Lipinski definition) is 0. The lowest BCUT2D eigenvalue weighted by molar-refractivity contribution is -0.133. The fraction of sp³-hybridized carbons (Fsp3) is 0.222. The normalized spacial score (nSPS) is 10.1. The highest BCUT2D eigenvalue weighted by Gasteiger charge is 2.14. The van der Waals surface area contributed by atoms with Gasteiger partial charge in [0.1, 0.15) is 5.75 Å². The van der Waals surface area contributed by atoms with E-state index in [4.69, 9.17) is 9.47 Å². The third kappa shape index (κ3) is 5.09. The number of ether oxygens (including phenoxy) is 2. The Hall–Kier alpha value is -2.34. The van der Waals surface area contributed by atoms with Crippen molar-refractivity contribution >= 4 is 27.8 Å². The predicted molar refractivity (Wildman–Crippen MR) is 93.9 cm³/mol. The summed E-state index contributed by atoms with van der Waals surface area (Å²) in [7, 11) is 3.25. The summed E-state index contributed by atoms with van der Waals surface area (Å²) >= 11 is 3.29. The van der Waals surface area contributed by atoms with Crippen LogP contribution in [0.1, 0.15) is 15.9 Å². The Labute approximate surface area is 149 Å². The lowest BCUT2D eigenvalue weighted by atomic mass is 10.2. The van der Waals surface area contributed by atoms with E-state index in [1.165, 1.54) is 4.90 Å². The van der Waals surface area contributed by atoms with Crippen LogP contribution in [0.15, 0.2) is 53.0 Å². The standard InChI is InChI=1S/C18H18BrNO4/c1-20(11-13-5-3-8-16(9-13)23-2)17(21)12-24-18(22)14-6-4-7-15(19)10-14/h3-10H,11-12H2,1-2H3. The number of carbonyl (C=O) groups is 2.